The number of amides is 3. The molecule has 0 saturated carbocycles. The Morgan fingerprint density at radius 2 is 2.00 bits per heavy atom. The third-order valence-corrected chi connectivity index (χ3v) is 3.73. The van der Waals surface area contributed by atoms with E-state index in [1.54, 1.807) is 31.3 Å². The van der Waals surface area contributed by atoms with Gasteiger partial charge >= 0.3 is 6.03 Å². The Morgan fingerprint density at radius 3 is 2.64 bits per heavy atom. The molecule has 3 amide bonds. The summed E-state index contributed by atoms with van der Waals surface area (Å²) in [5, 5.41) is 8.16. The van der Waals surface area contributed by atoms with Crippen molar-refractivity contribution in [1.82, 2.24) is 15.6 Å². The van der Waals surface area contributed by atoms with Crippen LogP contribution in [0, 0.1) is 6.92 Å². The van der Waals surface area contributed by atoms with Crippen LogP contribution in [-0.4, -0.2) is 29.0 Å². The fourth-order valence-electron chi connectivity index (χ4n) is 2.12. The summed E-state index contributed by atoms with van der Waals surface area (Å²) < 4.78 is 5.48. The van der Waals surface area contributed by atoms with E-state index in [4.69, 9.17) is 4.42 Å². The highest BCUT2D eigenvalue weighted by atomic mass is 16.4. The number of aromatic nitrogens is 1. The zero-order valence-corrected chi connectivity index (χ0v) is 14.9. The van der Waals surface area contributed by atoms with E-state index in [1.165, 1.54) is 0 Å². The normalized spacial score (nSPS) is 13.0. The molecule has 2 atom stereocenters. The number of anilines is 1. The molecule has 2 rings (SSSR count). The highest BCUT2D eigenvalue weighted by Gasteiger charge is 2.17. The summed E-state index contributed by atoms with van der Waals surface area (Å²) in [5.74, 6) is 0.989. The molecule has 0 bridgehead atoms. The van der Waals surface area contributed by atoms with Crippen molar-refractivity contribution in [1.29, 1.82) is 0 Å². The molecule has 2 unspecified atom stereocenters. The van der Waals surface area contributed by atoms with Crippen LogP contribution in [0.15, 0.2) is 34.9 Å². The van der Waals surface area contributed by atoms with Gasteiger partial charge in [0, 0.05) is 17.3 Å². The van der Waals surface area contributed by atoms with Gasteiger partial charge in [-0.05, 0) is 45.4 Å². The lowest BCUT2D eigenvalue weighted by atomic mass is 10.2. The molecule has 1 aromatic heterocycles. The van der Waals surface area contributed by atoms with Crippen molar-refractivity contribution < 1.29 is 14.0 Å². The number of aryl methyl sites for hydroxylation is 1. The number of benzene rings is 1. The summed E-state index contributed by atoms with van der Waals surface area (Å²) in [5.41, 5.74) is 1.34. The van der Waals surface area contributed by atoms with Crippen LogP contribution < -0.4 is 16.0 Å². The van der Waals surface area contributed by atoms with Crippen molar-refractivity contribution in [2.24, 2.45) is 0 Å². The zero-order valence-electron chi connectivity index (χ0n) is 14.9. The van der Waals surface area contributed by atoms with Crippen molar-refractivity contribution in [3.8, 4) is 11.5 Å². The van der Waals surface area contributed by atoms with Gasteiger partial charge in [0.25, 0.3) is 0 Å². The average molecular weight is 344 g/mol. The molecule has 7 nitrogen and oxygen atoms in total. The Hall–Kier alpha value is -2.83. The fourth-order valence-corrected chi connectivity index (χ4v) is 2.12. The lowest BCUT2D eigenvalue weighted by Crippen LogP contribution is -2.48. The van der Waals surface area contributed by atoms with Gasteiger partial charge in [-0.2, -0.15) is 0 Å². The van der Waals surface area contributed by atoms with Gasteiger partial charge in [-0.15, -0.1) is 0 Å². The number of hydrogen-bond acceptors (Lipinski definition) is 4. The minimum Gasteiger partial charge on any atom is -0.441 e. The molecule has 0 aliphatic heterocycles. The van der Waals surface area contributed by atoms with E-state index in [0.717, 1.165) is 12.0 Å². The maximum atomic E-state index is 12.1. The first-order chi connectivity index (χ1) is 11.9. The number of hydrogen-bond donors (Lipinski definition) is 3. The summed E-state index contributed by atoms with van der Waals surface area (Å²) in [4.78, 5) is 28.2. The Balaban J connectivity index is 1.95. The third-order valence-electron chi connectivity index (χ3n) is 3.73. The predicted octanol–water partition coefficient (Wildman–Crippen LogP) is 3.07. The van der Waals surface area contributed by atoms with E-state index >= 15 is 0 Å². The van der Waals surface area contributed by atoms with E-state index in [9.17, 15) is 9.59 Å². The highest BCUT2D eigenvalue weighted by molar-refractivity contribution is 5.94. The molecule has 134 valence electrons. The van der Waals surface area contributed by atoms with Crippen LogP contribution in [0.25, 0.3) is 11.5 Å². The van der Waals surface area contributed by atoms with Gasteiger partial charge in [-0.3, -0.25) is 4.79 Å². The fraction of sp³-hybridized carbons (Fsp3) is 0.389. The standard InChI is InChI=1S/C18H24N4O3/c1-5-11(2)20-16(23)13(4)21-18(24)22-15-8-6-7-14(9-15)17-19-10-12(3)25-17/h6-11,13H,5H2,1-4H3,(H,20,23)(H2,21,22,24). The number of nitrogens with one attached hydrogen (secondary N) is 3. The molecule has 0 spiro atoms. The molecule has 0 fully saturated rings. The molecule has 3 N–H and O–H groups in total. The molecule has 0 aliphatic carbocycles. The predicted molar refractivity (Wildman–Crippen MR) is 96.2 cm³/mol. The second kappa shape index (κ2) is 8.32. The monoisotopic (exact) mass is 344 g/mol. The van der Waals surface area contributed by atoms with Crippen LogP contribution in [0.1, 0.15) is 33.0 Å². The Bertz CT molecular complexity index is 741. The first-order valence-electron chi connectivity index (χ1n) is 8.29. The van der Waals surface area contributed by atoms with E-state index in [0.29, 0.717) is 17.3 Å². The number of rotatable bonds is 6. The summed E-state index contributed by atoms with van der Waals surface area (Å²) in [7, 11) is 0. The third kappa shape index (κ3) is 5.34. The van der Waals surface area contributed by atoms with E-state index < -0.39 is 12.1 Å². The smallest absolute Gasteiger partial charge is 0.319 e. The Kier molecular flexibility index (Phi) is 6.16. The average Bonchev–Trinajstić information content (AvgIpc) is 3.01. The van der Waals surface area contributed by atoms with Gasteiger partial charge in [0.15, 0.2) is 0 Å². The molecular weight excluding hydrogens is 320 g/mol. The molecule has 1 heterocycles. The summed E-state index contributed by atoms with van der Waals surface area (Å²) in [6, 6.07) is 6.14. The SMILES string of the molecule is CCC(C)NC(=O)C(C)NC(=O)Nc1cccc(-c2ncc(C)o2)c1. The van der Waals surface area contributed by atoms with Crippen LogP contribution >= 0.6 is 0 Å². The van der Waals surface area contributed by atoms with Crippen LogP contribution in [0.5, 0.6) is 0 Å². The minimum absolute atomic E-state index is 0.0701. The highest BCUT2D eigenvalue weighted by Crippen LogP contribution is 2.22. The van der Waals surface area contributed by atoms with Crippen molar-refractivity contribution >= 4 is 17.6 Å². The van der Waals surface area contributed by atoms with Crippen molar-refractivity contribution in [3.63, 3.8) is 0 Å². The minimum atomic E-state index is -0.633. The Labute approximate surface area is 147 Å². The first-order valence-corrected chi connectivity index (χ1v) is 8.29. The summed E-state index contributed by atoms with van der Waals surface area (Å²) >= 11 is 0. The number of carbonyl (C=O) groups excluding carboxylic acids is 2. The van der Waals surface area contributed by atoms with Crippen LogP contribution in [-0.2, 0) is 4.79 Å². The quantitative estimate of drug-likeness (QED) is 0.750. The van der Waals surface area contributed by atoms with Crippen LogP contribution in [0.2, 0.25) is 0 Å². The molecular formula is C18H24N4O3. The molecule has 1 aromatic carbocycles. The number of carbonyl (C=O) groups is 2. The van der Waals surface area contributed by atoms with Gasteiger partial charge in [0.1, 0.15) is 11.8 Å². The Morgan fingerprint density at radius 1 is 1.24 bits per heavy atom. The summed E-state index contributed by atoms with van der Waals surface area (Å²) in [6.45, 7) is 7.36. The molecule has 7 heteroatoms. The second-order valence-corrected chi connectivity index (χ2v) is 5.99. The molecule has 0 aliphatic rings. The van der Waals surface area contributed by atoms with Gasteiger partial charge in [0.05, 0.1) is 6.20 Å². The van der Waals surface area contributed by atoms with Gasteiger partial charge in [-0.1, -0.05) is 13.0 Å². The summed E-state index contributed by atoms with van der Waals surface area (Å²) in [6.07, 6.45) is 2.47. The van der Waals surface area contributed by atoms with Crippen molar-refractivity contribution in [2.75, 3.05) is 5.32 Å². The first kappa shape index (κ1) is 18.5. The number of nitrogens with zero attached hydrogens (tertiary/aromatic N) is 1. The van der Waals surface area contributed by atoms with E-state index in [1.807, 2.05) is 26.8 Å². The van der Waals surface area contributed by atoms with E-state index in [2.05, 4.69) is 20.9 Å². The van der Waals surface area contributed by atoms with Gasteiger partial charge in [-0.25, -0.2) is 9.78 Å². The molecule has 0 radical (unpaired) electrons. The van der Waals surface area contributed by atoms with Crippen LogP contribution in [0.3, 0.4) is 0 Å². The molecule has 25 heavy (non-hydrogen) atoms. The van der Waals surface area contributed by atoms with E-state index in [-0.39, 0.29) is 11.9 Å². The van der Waals surface area contributed by atoms with Gasteiger partial charge in [0.2, 0.25) is 11.8 Å². The topological polar surface area (TPSA) is 96.3 Å². The lowest BCUT2D eigenvalue weighted by Gasteiger charge is -2.17. The second-order valence-electron chi connectivity index (χ2n) is 5.99. The van der Waals surface area contributed by atoms with Gasteiger partial charge < -0.3 is 20.4 Å². The molecule has 0 saturated heterocycles. The maximum absolute atomic E-state index is 12.1. The number of urea groups is 1. The lowest BCUT2D eigenvalue weighted by molar-refractivity contribution is -0.123. The zero-order chi connectivity index (χ0) is 18.4. The maximum Gasteiger partial charge on any atom is 0.319 e. The van der Waals surface area contributed by atoms with Crippen LogP contribution in [0.4, 0.5) is 10.5 Å². The molecule has 2 aromatic rings. The number of oxazole rings is 1. The van der Waals surface area contributed by atoms with Crippen molar-refractivity contribution in [2.45, 2.75) is 46.2 Å². The van der Waals surface area contributed by atoms with Crippen molar-refractivity contribution in [3.05, 3.63) is 36.2 Å². The largest absolute Gasteiger partial charge is 0.441 e.